The van der Waals surface area contributed by atoms with Gasteiger partial charge in [0.1, 0.15) is 11.2 Å². The van der Waals surface area contributed by atoms with E-state index >= 15 is 0 Å². The topological polar surface area (TPSA) is 50.5 Å². The SMILES string of the molecule is O=C1[C@@H]2[C@H](C(=O)N1c1ccc3c(c1)oc1ccccc13)[C@H](c1ccccc1)C=C[C@@H]2c1ccccc1. The lowest BCUT2D eigenvalue weighted by Crippen LogP contribution is -2.31. The summed E-state index contributed by atoms with van der Waals surface area (Å²) in [4.78, 5) is 29.5. The molecule has 0 spiro atoms. The molecule has 0 bridgehead atoms. The first-order valence-electron chi connectivity index (χ1n) is 12.3. The predicted octanol–water partition coefficient (Wildman–Crippen LogP) is 6.83. The number of hydrogen-bond acceptors (Lipinski definition) is 3. The Morgan fingerprint density at radius 2 is 1.08 bits per heavy atom. The molecule has 4 nitrogen and oxygen atoms in total. The summed E-state index contributed by atoms with van der Waals surface area (Å²) in [7, 11) is 0. The van der Waals surface area contributed by atoms with Crippen molar-refractivity contribution in [3.63, 3.8) is 0 Å². The van der Waals surface area contributed by atoms with Gasteiger partial charge < -0.3 is 4.42 Å². The van der Waals surface area contributed by atoms with Crippen molar-refractivity contribution in [1.82, 2.24) is 0 Å². The summed E-state index contributed by atoms with van der Waals surface area (Å²) in [6, 6.07) is 33.5. The minimum absolute atomic E-state index is 0.153. The number of anilines is 1. The van der Waals surface area contributed by atoms with Crippen LogP contribution < -0.4 is 4.90 Å². The molecule has 4 heteroatoms. The molecule has 5 aromatic rings. The van der Waals surface area contributed by atoms with Gasteiger partial charge in [-0.1, -0.05) is 91.0 Å². The highest BCUT2D eigenvalue weighted by molar-refractivity contribution is 6.23. The van der Waals surface area contributed by atoms with E-state index in [-0.39, 0.29) is 23.7 Å². The summed E-state index contributed by atoms with van der Waals surface area (Å²) in [5, 5.41) is 1.99. The summed E-state index contributed by atoms with van der Waals surface area (Å²) in [5.74, 6) is -1.57. The van der Waals surface area contributed by atoms with E-state index < -0.39 is 11.8 Å². The molecule has 1 aromatic heterocycles. The molecule has 1 saturated heterocycles. The standard InChI is InChI=1S/C32H23NO3/c34-31-29-23(20-9-3-1-4-10-20)17-18-24(21-11-5-2-6-12-21)30(29)32(35)33(31)22-15-16-26-25-13-7-8-14-27(25)36-28(26)19-22/h1-19,23-24,29-30H/t23-,24+,29+,30-. The van der Waals surface area contributed by atoms with Gasteiger partial charge in [0.25, 0.3) is 0 Å². The maximum Gasteiger partial charge on any atom is 0.238 e. The molecule has 4 aromatic carbocycles. The quantitative estimate of drug-likeness (QED) is 0.215. The van der Waals surface area contributed by atoms with Gasteiger partial charge in [-0.15, -0.1) is 0 Å². The van der Waals surface area contributed by atoms with Crippen molar-refractivity contribution in [2.24, 2.45) is 11.8 Å². The van der Waals surface area contributed by atoms with Crippen molar-refractivity contribution in [3.8, 4) is 0 Å². The lowest BCUT2D eigenvalue weighted by Gasteiger charge is -2.32. The molecule has 0 radical (unpaired) electrons. The van der Waals surface area contributed by atoms with Gasteiger partial charge in [-0.25, -0.2) is 4.90 Å². The van der Waals surface area contributed by atoms with Crippen LogP contribution in [0.15, 0.2) is 120 Å². The van der Waals surface area contributed by atoms with Crippen LogP contribution in [0.4, 0.5) is 5.69 Å². The monoisotopic (exact) mass is 469 g/mol. The van der Waals surface area contributed by atoms with Gasteiger partial charge in [-0.2, -0.15) is 0 Å². The Balaban J connectivity index is 1.36. The molecule has 1 aliphatic carbocycles. The number of rotatable bonds is 3. The fourth-order valence-electron chi connectivity index (χ4n) is 6.04. The molecule has 174 valence electrons. The molecule has 7 rings (SSSR count). The summed E-state index contributed by atoms with van der Waals surface area (Å²) >= 11 is 0. The van der Waals surface area contributed by atoms with Crippen molar-refractivity contribution in [3.05, 3.63) is 126 Å². The van der Waals surface area contributed by atoms with Crippen LogP contribution in [0.1, 0.15) is 23.0 Å². The molecule has 0 unspecified atom stereocenters. The number of furan rings is 1. The average molecular weight is 470 g/mol. The molecular formula is C32H23NO3. The van der Waals surface area contributed by atoms with Crippen LogP contribution in [0.2, 0.25) is 0 Å². The van der Waals surface area contributed by atoms with E-state index in [1.807, 2.05) is 103 Å². The van der Waals surface area contributed by atoms with Gasteiger partial charge >= 0.3 is 0 Å². The van der Waals surface area contributed by atoms with Crippen LogP contribution in [-0.4, -0.2) is 11.8 Å². The highest BCUT2D eigenvalue weighted by atomic mass is 16.3. The van der Waals surface area contributed by atoms with Crippen LogP contribution in [0.3, 0.4) is 0 Å². The van der Waals surface area contributed by atoms with Gasteiger partial charge in [0, 0.05) is 28.7 Å². The van der Waals surface area contributed by atoms with E-state index in [9.17, 15) is 9.59 Å². The number of para-hydroxylation sites is 1. The molecule has 0 saturated carbocycles. The highest BCUT2D eigenvalue weighted by Crippen LogP contribution is 2.50. The molecule has 2 aliphatic rings. The van der Waals surface area contributed by atoms with Gasteiger partial charge in [-0.3, -0.25) is 9.59 Å². The lowest BCUT2D eigenvalue weighted by atomic mass is 9.68. The Morgan fingerprint density at radius 1 is 0.556 bits per heavy atom. The third-order valence-electron chi connectivity index (χ3n) is 7.69. The molecule has 0 N–H and O–H groups in total. The van der Waals surface area contributed by atoms with Crippen LogP contribution >= 0.6 is 0 Å². The zero-order valence-electron chi connectivity index (χ0n) is 19.5. The fraction of sp³-hybridized carbons (Fsp3) is 0.125. The Kier molecular flexibility index (Phi) is 4.68. The number of carbonyl (C=O) groups is 2. The highest BCUT2D eigenvalue weighted by Gasteiger charge is 2.55. The maximum absolute atomic E-state index is 14.1. The second kappa shape index (κ2) is 8.06. The first kappa shape index (κ1) is 20.9. The van der Waals surface area contributed by atoms with Crippen LogP contribution in [-0.2, 0) is 9.59 Å². The molecule has 4 atom stereocenters. The largest absolute Gasteiger partial charge is 0.456 e. The number of nitrogens with zero attached hydrogens (tertiary/aromatic N) is 1. The van der Waals surface area contributed by atoms with Crippen LogP contribution in [0, 0.1) is 11.8 Å². The minimum Gasteiger partial charge on any atom is -0.456 e. The molecule has 2 amide bonds. The van der Waals surface area contributed by atoms with Crippen LogP contribution in [0.25, 0.3) is 21.9 Å². The molecule has 2 heterocycles. The van der Waals surface area contributed by atoms with Crippen molar-refractivity contribution in [2.75, 3.05) is 4.90 Å². The maximum atomic E-state index is 14.1. The van der Waals surface area contributed by atoms with Gasteiger partial charge in [0.2, 0.25) is 11.8 Å². The smallest absolute Gasteiger partial charge is 0.238 e. The van der Waals surface area contributed by atoms with E-state index in [0.29, 0.717) is 11.3 Å². The average Bonchev–Trinajstić information content (AvgIpc) is 3.43. The predicted molar refractivity (Wildman–Crippen MR) is 141 cm³/mol. The fourth-order valence-corrected chi connectivity index (χ4v) is 6.04. The zero-order valence-corrected chi connectivity index (χ0v) is 19.5. The summed E-state index contributed by atoms with van der Waals surface area (Å²) < 4.78 is 6.06. The van der Waals surface area contributed by atoms with Crippen molar-refractivity contribution < 1.29 is 14.0 Å². The van der Waals surface area contributed by atoms with E-state index in [4.69, 9.17) is 4.42 Å². The van der Waals surface area contributed by atoms with Crippen molar-refractivity contribution in [1.29, 1.82) is 0 Å². The van der Waals surface area contributed by atoms with Crippen LogP contribution in [0.5, 0.6) is 0 Å². The Bertz CT molecular complexity index is 1580. The Morgan fingerprint density at radius 3 is 1.69 bits per heavy atom. The third-order valence-corrected chi connectivity index (χ3v) is 7.69. The number of carbonyl (C=O) groups excluding carboxylic acids is 2. The van der Waals surface area contributed by atoms with Gasteiger partial charge in [0.05, 0.1) is 17.5 Å². The summed E-state index contributed by atoms with van der Waals surface area (Å²) in [5.41, 5.74) is 4.11. The molecule has 1 fully saturated rings. The van der Waals surface area contributed by atoms with Gasteiger partial charge in [-0.05, 0) is 29.3 Å². The minimum atomic E-state index is -0.471. The Hall–Kier alpha value is -4.44. The number of allylic oxidation sites excluding steroid dienone is 2. The molecular weight excluding hydrogens is 446 g/mol. The van der Waals surface area contributed by atoms with E-state index in [0.717, 1.165) is 27.5 Å². The summed E-state index contributed by atoms with van der Waals surface area (Å²) in [6.45, 7) is 0. The van der Waals surface area contributed by atoms with E-state index in [2.05, 4.69) is 12.2 Å². The first-order valence-corrected chi connectivity index (χ1v) is 12.3. The number of imide groups is 1. The Labute approximate surface area is 208 Å². The first-order chi connectivity index (χ1) is 17.7. The van der Waals surface area contributed by atoms with E-state index in [1.165, 1.54) is 4.90 Å². The second-order valence-electron chi connectivity index (χ2n) is 9.60. The molecule has 1 aliphatic heterocycles. The zero-order chi connectivity index (χ0) is 24.2. The molecule has 36 heavy (non-hydrogen) atoms. The normalized spacial score (nSPS) is 23.5. The summed E-state index contributed by atoms with van der Waals surface area (Å²) in [6.07, 6.45) is 4.23. The third kappa shape index (κ3) is 3.07. The number of hydrogen-bond donors (Lipinski definition) is 0. The number of fused-ring (bicyclic) bond motifs is 4. The number of amides is 2. The number of benzene rings is 4. The lowest BCUT2D eigenvalue weighted by molar-refractivity contribution is -0.122. The van der Waals surface area contributed by atoms with Crippen molar-refractivity contribution in [2.45, 2.75) is 11.8 Å². The second-order valence-corrected chi connectivity index (χ2v) is 9.60. The van der Waals surface area contributed by atoms with E-state index in [1.54, 1.807) is 0 Å². The van der Waals surface area contributed by atoms with Gasteiger partial charge in [0.15, 0.2) is 0 Å². The van der Waals surface area contributed by atoms with Crippen molar-refractivity contribution >= 4 is 39.4 Å².